The number of esters is 1. The van der Waals surface area contributed by atoms with Crippen molar-refractivity contribution < 1.29 is 36.9 Å². The molecule has 1 aromatic heterocycles. The molecule has 2 saturated heterocycles. The van der Waals surface area contributed by atoms with Gasteiger partial charge in [0, 0.05) is 48.4 Å². The molecule has 264 valence electrons. The summed E-state index contributed by atoms with van der Waals surface area (Å²) in [5.41, 5.74) is 5.93. The van der Waals surface area contributed by atoms with Crippen molar-refractivity contribution in [1.29, 1.82) is 0 Å². The maximum absolute atomic E-state index is 13.8. The first-order chi connectivity index (χ1) is 23.6. The second-order valence-corrected chi connectivity index (χ2v) is 13.4. The quantitative estimate of drug-likeness (QED) is 0.136. The number of hydrogen-bond acceptors (Lipinski definition) is 5. The lowest BCUT2D eigenvalue weighted by Gasteiger charge is -2.25. The molecule has 2 fully saturated rings. The maximum Gasteiger partial charge on any atom is 0.416 e. The Morgan fingerprint density at radius 1 is 0.918 bits per heavy atom. The van der Waals surface area contributed by atoms with Crippen LogP contribution < -0.4 is 4.74 Å². The van der Waals surface area contributed by atoms with Crippen LogP contribution in [-0.2, 0) is 43.5 Å². The average molecular weight is 765 g/mol. The number of methoxy groups -OCH3 is 1. The number of rotatable bonds is 9. The minimum absolute atomic E-state index is 0.0140. The highest BCUT2D eigenvalue weighted by Gasteiger charge is 2.36. The Kier molecular flexibility index (Phi) is 13.1. The highest BCUT2D eigenvalue weighted by molar-refractivity contribution is 9.08. The molecule has 0 spiro atoms. The first-order valence-corrected chi connectivity index (χ1v) is 18.1. The fourth-order valence-electron chi connectivity index (χ4n) is 6.54. The molecule has 0 bridgehead atoms. The fourth-order valence-corrected chi connectivity index (χ4v) is 7.19. The van der Waals surface area contributed by atoms with Crippen LogP contribution in [-0.4, -0.2) is 44.5 Å². The van der Waals surface area contributed by atoms with Crippen molar-refractivity contribution in [2.24, 2.45) is 0 Å². The zero-order valence-corrected chi connectivity index (χ0v) is 30.1. The van der Waals surface area contributed by atoms with Gasteiger partial charge in [0.05, 0.1) is 24.1 Å². The van der Waals surface area contributed by atoms with E-state index in [1.165, 1.54) is 42.7 Å². The van der Waals surface area contributed by atoms with Crippen LogP contribution in [0.15, 0.2) is 54.6 Å². The Hall–Kier alpha value is -3.05. The molecule has 0 amide bonds. The Labute approximate surface area is 298 Å². The number of fused-ring (bicyclic) bond motifs is 1. The summed E-state index contributed by atoms with van der Waals surface area (Å²) in [4.78, 5) is 14.6. The van der Waals surface area contributed by atoms with Crippen LogP contribution >= 0.6 is 27.5 Å². The van der Waals surface area contributed by atoms with Crippen molar-refractivity contribution in [2.45, 2.75) is 75.4 Å². The summed E-state index contributed by atoms with van der Waals surface area (Å²) in [6.07, 6.45) is -0.339. The SMILES string of the molecule is COC(=O)CCc1[nH]c2ccc(OCc3ccc(C4CCOCC4)c(C(F)(F)F)c3)cc2c1Cl.Cc1cc(CBr)ccc1C1CCOCC1. The van der Waals surface area contributed by atoms with Gasteiger partial charge in [0.1, 0.15) is 12.4 Å². The second-order valence-electron chi connectivity index (χ2n) is 12.5. The van der Waals surface area contributed by atoms with E-state index in [4.69, 9.17) is 25.8 Å². The first-order valence-electron chi connectivity index (χ1n) is 16.6. The zero-order valence-electron chi connectivity index (χ0n) is 27.8. The fraction of sp³-hybridized carbons (Fsp3) is 0.447. The van der Waals surface area contributed by atoms with E-state index >= 15 is 0 Å². The molecule has 6 rings (SSSR count). The van der Waals surface area contributed by atoms with Gasteiger partial charge in [0.2, 0.25) is 0 Å². The van der Waals surface area contributed by atoms with E-state index in [1.54, 1.807) is 30.3 Å². The van der Waals surface area contributed by atoms with Crippen LogP contribution in [0.3, 0.4) is 0 Å². The Morgan fingerprint density at radius 3 is 2.16 bits per heavy atom. The number of carbonyl (C=O) groups excluding carboxylic acids is 1. The molecule has 11 heteroatoms. The van der Waals surface area contributed by atoms with Gasteiger partial charge < -0.3 is 23.9 Å². The molecule has 6 nitrogen and oxygen atoms in total. The number of aromatic amines is 1. The van der Waals surface area contributed by atoms with Crippen LogP contribution in [0.4, 0.5) is 13.2 Å². The molecule has 49 heavy (non-hydrogen) atoms. The molecule has 0 unspecified atom stereocenters. The summed E-state index contributed by atoms with van der Waals surface area (Å²) in [7, 11) is 1.33. The van der Waals surface area contributed by atoms with Crippen LogP contribution in [0, 0.1) is 6.92 Å². The monoisotopic (exact) mass is 763 g/mol. The third kappa shape index (κ3) is 9.81. The van der Waals surface area contributed by atoms with Crippen LogP contribution in [0.2, 0.25) is 5.02 Å². The third-order valence-corrected chi connectivity index (χ3v) is 10.3. The van der Waals surface area contributed by atoms with Crippen LogP contribution in [0.25, 0.3) is 10.9 Å². The lowest BCUT2D eigenvalue weighted by Crippen LogP contribution is -2.19. The summed E-state index contributed by atoms with van der Waals surface area (Å²) in [6, 6.07) is 16.5. The summed E-state index contributed by atoms with van der Waals surface area (Å²) in [5.74, 6) is 0.699. The van der Waals surface area contributed by atoms with Gasteiger partial charge in [-0.15, -0.1) is 0 Å². The zero-order chi connectivity index (χ0) is 35.0. The van der Waals surface area contributed by atoms with Crippen molar-refractivity contribution in [3.63, 3.8) is 0 Å². The second kappa shape index (κ2) is 17.2. The van der Waals surface area contributed by atoms with Gasteiger partial charge in [-0.3, -0.25) is 4.79 Å². The van der Waals surface area contributed by atoms with E-state index in [0.717, 1.165) is 24.1 Å². The number of hydrogen-bond donors (Lipinski definition) is 1. The standard InChI is InChI=1S/C25H25ClF3NO4.C13H17BrO/c1-32-23(31)7-6-22-24(26)19-13-17(3-5-21(19)30-22)34-14-15-2-4-18(16-8-10-33-11-9-16)20(12-15)25(27,28)29;1-10-8-11(9-14)2-3-13(10)12-4-6-15-7-5-12/h2-5,12-13,16,30H,6-11,14H2,1H3;2-3,8,12H,4-7,9H2,1H3. The lowest BCUT2D eigenvalue weighted by atomic mass is 9.87. The molecule has 0 atom stereocenters. The van der Waals surface area contributed by atoms with E-state index in [2.05, 4.69) is 50.8 Å². The Morgan fingerprint density at radius 2 is 1.55 bits per heavy atom. The van der Waals surface area contributed by atoms with E-state index < -0.39 is 11.7 Å². The van der Waals surface area contributed by atoms with E-state index in [1.807, 2.05) is 0 Å². The van der Waals surface area contributed by atoms with Crippen molar-refractivity contribution in [1.82, 2.24) is 4.98 Å². The number of H-pyrrole nitrogens is 1. The van der Waals surface area contributed by atoms with Crippen molar-refractivity contribution >= 4 is 44.4 Å². The predicted molar refractivity (Wildman–Crippen MR) is 189 cm³/mol. The molecule has 0 radical (unpaired) electrons. The van der Waals surface area contributed by atoms with Crippen LogP contribution in [0.1, 0.15) is 83.0 Å². The van der Waals surface area contributed by atoms with Gasteiger partial charge in [-0.05, 0) is 103 Å². The minimum Gasteiger partial charge on any atom is -0.489 e. The van der Waals surface area contributed by atoms with Crippen molar-refractivity contribution in [2.75, 3.05) is 33.5 Å². The highest BCUT2D eigenvalue weighted by atomic mass is 79.9. The van der Waals surface area contributed by atoms with Gasteiger partial charge >= 0.3 is 12.1 Å². The van der Waals surface area contributed by atoms with Gasteiger partial charge in [-0.25, -0.2) is 0 Å². The Bertz CT molecular complexity index is 1710. The van der Waals surface area contributed by atoms with E-state index in [-0.39, 0.29) is 24.9 Å². The maximum atomic E-state index is 13.8. The lowest BCUT2D eigenvalue weighted by molar-refractivity contribution is -0.140. The Balaban J connectivity index is 0.000000259. The smallest absolute Gasteiger partial charge is 0.416 e. The molecule has 4 aromatic rings. The molecule has 3 heterocycles. The highest BCUT2D eigenvalue weighted by Crippen LogP contribution is 2.39. The topological polar surface area (TPSA) is 69.8 Å². The molecule has 3 aromatic carbocycles. The number of benzene rings is 3. The normalized spacial score (nSPS) is 15.9. The number of carbonyl (C=O) groups is 1. The average Bonchev–Trinajstić information content (AvgIpc) is 3.44. The summed E-state index contributed by atoms with van der Waals surface area (Å²) in [6.45, 7) is 4.99. The predicted octanol–water partition coefficient (Wildman–Crippen LogP) is 10.2. The van der Waals surface area contributed by atoms with E-state index in [9.17, 15) is 18.0 Å². The molecule has 0 saturated carbocycles. The van der Waals surface area contributed by atoms with Crippen molar-refractivity contribution in [3.05, 3.63) is 98.7 Å². The van der Waals surface area contributed by atoms with Crippen molar-refractivity contribution in [3.8, 4) is 5.75 Å². The third-order valence-electron chi connectivity index (χ3n) is 9.22. The van der Waals surface area contributed by atoms with Gasteiger partial charge in [-0.1, -0.05) is 57.9 Å². The number of ether oxygens (including phenoxy) is 4. The summed E-state index contributed by atoms with van der Waals surface area (Å²) >= 11 is 9.95. The van der Waals surface area contributed by atoms with Gasteiger partial charge in [0.15, 0.2) is 0 Å². The molecule has 0 aliphatic carbocycles. The number of alkyl halides is 4. The van der Waals surface area contributed by atoms with E-state index in [0.29, 0.717) is 71.4 Å². The van der Waals surface area contributed by atoms with Gasteiger partial charge in [-0.2, -0.15) is 13.2 Å². The van der Waals surface area contributed by atoms with Gasteiger partial charge in [0.25, 0.3) is 0 Å². The number of aromatic nitrogens is 1. The molecular formula is C38H42BrClF3NO5. The first kappa shape index (κ1) is 37.2. The van der Waals surface area contributed by atoms with Crippen LogP contribution in [0.5, 0.6) is 5.75 Å². The molecule has 2 aliphatic heterocycles. The summed E-state index contributed by atoms with van der Waals surface area (Å²) in [5, 5.41) is 2.14. The summed E-state index contributed by atoms with van der Waals surface area (Å²) < 4.78 is 62.5. The number of halogens is 5. The molecular weight excluding hydrogens is 723 g/mol. The number of aryl methyl sites for hydroxylation is 2. The minimum atomic E-state index is -4.44. The molecule has 1 N–H and O–H groups in total. The largest absolute Gasteiger partial charge is 0.489 e. The number of nitrogens with one attached hydrogen (secondary N) is 1. The molecule has 2 aliphatic rings.